The molecule has 0 aliphatic carbocycles. The quantitative estimate of drug-likeness (QED) is 0.185. The third-order valence-corrected chi connectivity index (χ3v) is 12.7. The highest BCUT2D eigenvalue weighted by Crippen LogP contribution is 2.56. The number of para-hydroxylation sites is 4. The lowest BCUT2D eigenvalue weighted by atomic mass is 9.98. The number of nitrogens with zero attached hydrogens (tertiary/aromatic N) is 2. The Morgan fingerprint density at radius 1 is 0.447 bits per heavy atom. The fourth-order valence-electron chi connectivity index (χ4n) is 7.16. The van der Waals surface area contributed by atoms with Gasteiger partial charge in [0.25, 0.3) is 0 Å². The number of anilines is 6. The predicted molar refractivity (Wildman–Crippen MR) is 205 cm³/mol. The van der Waals surface area contributed by atoms with Crippen LogP contribution in [0.4, 0.5) is 34.1 Å². The van der Waals surface area contributed by atoms with Crippen LogP contribution < -0.4 is 9.80 Å². The van der Waals surface area contributed by atoms with E-state index >= 15 is 0 Å². The van der Waals surface area contributed by atoms with E-state index in [1.807, 2.05) is 34.9 Å². The summed E-state index contributed by atoms with van der Waals surface area (Å²) < 4.78 is 2.63. The minimum atomic E-state index is 0.413. The van der Waals surface area contributed by atoms with Crippen LogP contribution in [0.1, 0.15) is 50.7 Å². The SMILES string of the molecule is CC(C)c1cccc2c1N(c1ccc3sc4ccc(N5c6ccccc6Sc6cccc(C(C)C)c65)cc4c3c1)c1ccccc1S2. The maximum absolute atomic E-state index is 2.51. The van der Waals surface area contributed by atoms with Gasteiger partial charge in [-0.15, -0.1) is 11.3 Å². The van der Waals surface area contributed by atoms with Gasteiger partial charge < -0.3 is 9.80 Å². The van der Waals surface area contributed by atoms with Crippen LogP contribution in [0.15, 0.2) is 141 Å². The highest BCUT2D eigenvalue weighted by molar-refractivity contribution is 8.00. The fraction of sp³-hybridized carbons (Fsp3) is 0.143. The molecule has 0 fully saturated rings. The molecule has 7 aromatic rings. The highest BCUT2D eigenvalue weighted by atomic mass is 32.2. The maximum atomic E-state index is 2.51. The van der Waals surface area contributed by atoms with Crippen LogP contribution in [0.25, 0.3) is 20.2 Å². The van der Waals surface area contributed by atoms with Crippen molar-refractivity contribution in [2.75, 3.05) is 9.80 Å². The van der Waals surface area contributed by atoms with E-state index in [9.17, 15) is 0 Å². The Labute approximate surface area is 289 Å². The van der Waals surface area contributed by atoms with Crippen molar-refractivity contribution in [1.82, 2.24) is 0 Å². The maximum Gasteiger partial charge on any atom is 0.0636 e. The first-order chi connectivity index (χ1) is 23.0. The summed E-state index contributed by atoms with van der Waals surface area (Å²) in [6.07, 6.45) is 0. The van der Waals surface area contributed by atoms with Crippen molar-refractivity contribution < 1.29 is 0 Å². The van der Waals surface area contributed by atoms with Crippen LogP contribution >= 0.6 is 34.9 Å². The zero-order chi connectivity index (χ0) is 31.8. The minimum absolute atomic E-state index is 0.413. The smallest absolute Gasteiger partial charge is 0.0636 e. The molecule has 9 rings (SSSR count). The summed E-state index contributed by atoms with van der Waals surface area (Å²) in [4.78, 5) is 10.2. The molecule has 2 aliphatic heterocycles. The van der Waals surface area contributed by atoms with Crippen LogP contribution in [0.3, 0.4) is 0 Å². The number of benzene rings is 6. The van der Waals surface area contributed by atoms with Gasteiger partial charge in [0, 0.05) is 51.1 Å². The fourth-order valence-corrected chi connectivity index (χ4v) is 10.4. The molecular formula is C42H34N2S3. The Morgan fingerprint density at radius 2 is 0.872 bits per heavy atom. The molecule has 2 nitrogen and oxygen atoms in total. The summed E-state index contributed by atoms with van der Waals surface area (Å²) in [5.74, 6) is 0.826. The molecule has 5 heteroatoms. The van der Waals surface area contributed by atoms with Gasteiger partial charge in [-0.3, -0.25) is 0 Å². The molecule has 0 bridgehead atoms. The molecule has 0 spiro atoms. The standard InChI is InChI=1S/C42H34N2S3/c1-25(2)29-11-9-17-39-41(29)43(33-13-5-7-15-37(33)46-39)27-19-21-35-31(23-27)32-24-28(20-22-36(32)45-35)44-34-14-6-8-16-38(34)47-40-18-10-12-30(26(3)4)42(40)44/h5-26H,1-4H3. The van der Waals surface area contributed by atoms with Gasteiger partial charge in [-0.2, -0.15) is 0 Å². The minimum Gasteiger partial charge on any atom is -0.308 e. The Kier molecular flexibility index (Phi) is 6.93. The zero-order valence-electron chi connectivity index (χ0n) is 26.8. The topological polar surface area (TPSA) is 6.48 Å². The van der Waals surface area contributed by atoms with Crippen molar-refractivity contribution >= 4 is 89.2 Å². The molecule has 47 heavy (non-hydrogen) atoms. The normalized spacial score (nSPS) is 13.7. The van der Waals surface area contributed by atoms with E-state index in [2.05, 4.69) is 159 Å². The molecule has 1 aromatic heterocycles. The second-order valence-electron chi connectivity index (χ2n) is 13.0. The van der Waals surface area contributed by atoms with Crippen molar-refractivity contribution in [3.05, 3.63) is 132 Å². The second-order valence-corrected chi connectivity index (χ2v) is 16.2. The van der Waals surface area contributed by atoms with Gasteiger partial charge in [-0.1, -0.05) is 99.7 Å². The third-order valence-electron chi connectivity index (χ3n) is 9.36. The molecule has 0 saturated carbocycles. The van der Waals surface area contributed by atoms with Gasteiger partial charge in [-0.05, 0) is 95.8 Å². The van der Waals surface area contributed by atoms with E-state index in [1.54, 1.807) is 0 Å². The lowest BCUT2D eigenvalue weighted by Crippen LogP contribution is -2.17. The number of rotatable bonds is 4. The van der Waals surface area contributed by atoms with E-state index in [0.29, 0.717) is 11.8 Å². The van der Waals surface area contributed by atoms with Gasteiger partial charge in [0.1, 0.15) is 0 Å². The summed E-state index contributed by atoms with van der Waals surface area (Å²) in [7, 11) is 0. The monoisotopic (exact) mass is 662 g/mol. The first-order valence-electron chi connectivity index (χ1n) is 16.3. The molecule has 0 saturated heterocycles. The van der Waals surface area contributed by atoms with E-state index in [1.165, 1.54) is 85.0 Å². The van der Waals surface area contributed by atoms with Crippen LogP contribution in [0.5, 0.6) is 0 Å². The van der Waals surface area contributed by atoms with E-state index in [-0.39, 0.29) is 0 Å². The van der Waals surface area contributed by atoms with Crippen LogP contribution in [0.2, 0.25) is 0 Å². The zero-order valence-corrected chi connectivity index (χ0v) is 29.3. The van der Waals surface area contributed by atoms with Crippen molar-refractivity contribution in [3.63, 3.8) is 0 Å². The number of hydrogen-bond acceptors (Lipinski definition) is 5. The van der Waals surface area contributed by atoms with Crippen molar-refractivity contribution in [2.45, 2.75) is 59.1 Å². The van der Waals surface area contributed by atoms with Crippen LogP contribution in [0, 0.1) is 0 Å². The average molecular weight is 663 g/mol. The molecule has 0 N–H and O–H groups in total. The molecule has 0 amide bonds. The largest absolute Gasteiger partial charge is 0.308 e. The van der Waals surface area contributed by atoms with E-state index in [4.69, 9.17) is 0 Å². The van der Waals surface area contributed by atoms with E-state index < -0.39 is 0 Å². The van der Waals surface area contributed by atoms with Gasteiger partial charge in [-0.25, -0.2) is 0 Å². The second kappa shape index (κ2) is 11.2. The molecule has 3 heterocycles. The van der Waals surface area contributed by atoms with Gasteiger partial charge >= 0.3 is 0 Å². The van der Waals surface area contributed by atoms with E-state index in [0.717, 1.165) is 0 Å². The summed E-state index contributed by atoms with van der Waals surface area (Å²) >= 11 is 5.65. The summed E-state index contributed by atoms with van der Waals surface area (Å²) in [5.41, 5.74) is 10.3. The first-order valence-corrected chi connectivity index (χ1v) is 18.8. The average Bonchev–Trinajstić information content (AvgIpc) is 3.46. The molecular weight excluding hydrogens is 629 g/mol. The van der Waals surface area contributed by atoms with Gasteiger partial charge in [0.2, 0.25) is 0 Å². The molecule has 0 radical (unpaired) electrons. The van der Waals surface area contributed by atoms with Crippen LogP contribution in [-0.4, -0.2) is 0 Å². The van der Waals surface area contributed by atoms with Gasteiger partial charge in [0.05, 0.1) is 22.7 Å². The van der Waals surface area contributed by atoms with Gasteiger partial charge in [0.15, 0.2) is 0 Å². The summed E-state index contributed by atoms with van der Waals surface area (Å²) in [6.45, 7) is 9.21. The van der Waals surface area contributed by atoms with Crippen molar-refractivity contribution in [2.24, 2.45) is 0 Å². The van der Waals surface area contributed by atoms with Crippen LogP contribution in [-0.2, 0) is 0 Å². The van der Waals surface area contributed by atoms with Crippen molar-refractivity contribution in [3.8, 4) is 0 Å². The molecule has 6 aromatic carbocycles. The Morgan fingerprint density at radius 3 is 1.32 bits per heavy atom. The molecule has 0 atom stereocenters. The Bertz CT molecular complexity index is 2190. The lowest BCUT2D eigenvalue weighted by Gasteiger charge is -2.35. The predicted octanol–water partition coefficient (Wildman–Crippen LogP) is 14.2. The highest BCUT2D eigenvalue weighted by Gasteiger charge is 2.30. The lowest BCUT2D eigenvalue weighted by molar-refractivity contribution is 0.858. The molecule has 0 unspecified atom stereocenters. The molecule has 230 valence electrons. The first kappa shape index (κ1) is 29.0. The number of hydrogen-bond donors (Lipinski definition) is 0. The summed E-state index contributed by atoms with van der Waals surface area (Å²) in [6, 6.07) is 45.4. The third kappa shape index (κ3) is 4.62. The Balaban J connectivity index is 1.26. The molecule has 2 aliphatic rings. The number of thiophene rings is 1. The van der Waals surface area contributed by atoms with Crippen molar-refractivity contribution in [1.29, 1.82) is 0 Å². The number of fused-ring (bicyclic) bond motifs is 7. The summed E-state index contributed by atoms with van der Waals surface area (Å²) in [5, 5.41) is 2.61. The Hall–Kier alpha value is -4.16.